The van der Waals surface area contributed by atoms with Gasteiger partial charge < -0.3 is 15.0 Å². The maximum Gasteiger partial charge on any atom is 0.231 e. The van der Waals surface area contributed by atoms with Crippen molar-refractivity contribution >= 4 is 34.0 Å². The van der Waals surface area contributed by atoms with Gasteiger partial charge in [0.15, 0.2) is 0 Å². The van der Waals surface area contributed by atoms with E-state index in [0.29, 0.717) is 23.1 Å². The number of ether oxygens (including phenoxy) is 1. The minimum Gasteiger partial charge on any atom is -0.495 e. The summed E-state index contributed by atoms with van der Waals surface area (Å²) in [6, 6.07) is 5.66. The van der Waals surface area contributed by atoms with E-state index in [0.717, 1.165) is 10.6 Å². The molecule has 1 N–H and O–H groups in total. The zero-order chi connectivity index (χ0) is 18.8. The number of benzene rings is 1. The third-order valence-electron chi connectivity index (χ3n) is 4.29. The number of aromatic nitrogens is 2. The lowest BCUT2D eigenvalue weighted by molar-refractivity contribution is -0.122. The van der Waals surface area contributed by atoms with E-state index in [2.05, 4.69) is 15.5 Å². The standard InChI is InChI=1S/C18H22N4O3S/c1-10(2)17-20-21-18(26-17)19-16(24)12-8-15(23)22(9-12)13-7-11(3)5-6-14(13)25-4/h5-7,10,12H,8-9H2,1-4H3,(H,19,21,24)/t12-/m1/s1. The predicted molar refractivity (Wildman–Crippen MR) is 101 cm³/mol. The molecule has 0 radical (unpaired) electrons. The van der Waals surface area contributed by atoms with E-state index in [4.69, 9.17) is 4.74 Å². The van der Waals surface area contributed by atoms with Gasteiger partial charge in [-0.3, -0.25) is 9.59 Å². The van der Waals surface area contributed by atoms with Gasteiger partial charge in [0.05, 0.1) is 18.7 Å². The fourth-order valence-corrected chi connectivity index (χ4v) is 3.60. The number of hydrogen-bond acceptors (Lipinski definition) is 6. The number of carbonyl (C=O) groups excluding carboxylic acids is 2. The van der Waals surface area contributed by atoms with E-state index in [1.165, 1.54) is 11.3 Å². The third kappa shape index (κ3) is 3.70. The second-order valence-corrected chi connectivity index (χ2v) is 7.68. The summed E-state index contributed by atoms with van der Waals surface area (Å²) in [7, 11) is 1.57. The number of hydrogen-bond donors (Lipinski definition) is 1. The van der Waals surface area contributed by atoms with Crippen molar-refractivity contribution in [1.82, 2.24) is 10.2 Å². The number of rotatable bonds is 5. The Kier molecular flexibility index (Phi) is 5.22. The van der Waals surface area contributed by atoms with Crippen molar-refractivity contribution in [2.75, 3.05) is 23.9 Å². The van der Waals surface area contributed by atoms with Crippen LogP contribution in [0.3, 0.4) is 0 Å². The second kappa shape index (κ2) is 7.41. The number of amides is 2. The largest absolute Gasteiger partial charge is 0.495 e. The Labute approximate surface area is 156 Å². The number of nitrogens with one attached hydrogen (secondary N) is 1. The average molecular weight is 374 g/mol. The van der Waals surface area contributed by atoms with Crippen LogP contribution in [0.4, 0.5) is 10.8 Å². The molecule has 0 aliphatic carbocycles. The van der Waals surface area contributed by atoms with Crippen molar-refractivity contribution < 1.29 is 14.3 Å². The lowest BCUT2D eigenvalue weighted by Crippen LogP contribution is -2.28. The summed E-state index contributed by atoms with van der Waals surface area (Å²) in [4.78, 5) is 26.7. The van der Waals surface area contributed by atoms with E-state index in [-0.39, 0.29) is 24.2 Å². The van der Waals surface area contributed by atoms with Gasteiger partial charge in [-0.25, -0.2) is 0 Å². The van der Waals surface area contributed by atoms with Gasteiger partial charge in [-0.05, 0) is 24.6 Å². The van der Waals surface area contributed by atoms with Gasteiger partial charge in [0, 0.05) is 18.9 Å². The SMILES string of the molecule is COc1ccc(C)cc1N1C[C@H](C(=O)Nc2nnc(C(C)C)s2)CC1=O. The molecule has 0 spiro atoms. The van der Waals surface area contributed by atoms with Gasteiger partial charge in [-0.15, -0.1) is 10.2 Å². The Morgan fingerprint density at radius 2 is 2.15 bits per heavy atom. The fourth-order valence-electron chi connectivity index (χ4n) is 2.85. The molecule has 8 heteroatoms. The zero-order valence-electron chi connectivity index (χ0n) is 15.3. The summed E-state index contributed by atoms with van der Waals surface area (Å²) in [5, 5.41) is 12.2. The molecule has 0 bridgehead atoms. The van der Waals surface area contributed by atoms with Crippen LogP contribution in [0, 0.1) is 12.8 Å². The summed E-state index contributed by atoms with van der Waals surface area (Å²) < 4.78 is 5.37. The Hall–Kier alpha value is -2.48. The zero-order valence-corrected chi connectivity index (χ0v) is 16.1. The molecule has 138 valence electrons. The second-order valence-electron chi connectivity index (χ2n) is 6.67. The molecule has 26 heavy (non-hydrogen) atoms. The number of nitrogens with zero attached hydrogens (tertiary/aromatic N) is 3. The molecule has 2 amide bonds. The molecule has 0 saturated carbocycles. The topological polar surface area (TPSA) is 84.4 Å². The number of methoxy groups -OCH3 is 1. The Morgan fingerprint density at radius 3 is 2.81 bits per heavy atom. The summed E-state index contributed by atoms with van der Waals surface area (Å²) in [6.07, 6.45) is 0.165. The van der Waals surface area contributed by atoms with Gasteiger partial charge in [0.1, 0.15) is 10.8 Å². The number of aryl methyl sites for hydroxylation is 1. The monoisotopic (exact) mass is 374 g/mol. The highest BCUT2D eigenvalue weighted by Gasteiger charge is 2.36. The molecule has 0 unspecified atom stereocenters. The van der Waals surface area contributed by atoms with Gasteiger partial charge in [-0.2, -0.15) is 0 Å². The van der Waals surface area contributed by atoms with E-state index < -0.39 is 5.92 Å². The van der Waals surface area contributed by atoms with Crippen molar-refractivity contribution in [3.63, 3.8) is 0 Å². The first-order valence-corrected chi connectivity index (χ1v) is 9.30. The van der Waals surface area contributed by atoms with Crippen molar-refractivity contribution in [3.05, 3.63) is 28.8 Å². The van der Waals surface area contributed by atoms with E-state index >= 15 is 0 Å². The Balaban J connectivity index is 1.73. The van der Waals surface area contributed by atoms with Crippen LogP contribution in [0.2, 0.25) is 0 Å². The first-order chi connectivity index (χ1) is 12.4. The lowest BCUT2D eigenvalue weighted by atomic mass is 10.1. The minimum absolute atomic E-state index is 0.0887. The van der Waals surface area contributed by atoms with Crippen molar-refractivity contribution in [1.29, 1.82) is 0 Å². The molecular weight excluding hydrogens is 352 g/mol. The number of anilines is 2. The quantitative estimate of drug-likeness (QED) is 0.870. The van der Waals surface area contributed by atoms with Crippen molar-refractivity contribution in [2.24, 2.45) is 5.92 Å². The average Bonchev–Trinajstić information content (AvgIpc) is 3.21. The van der Waals surface area contributed by atoms with Crippen LogP contribution in [0.25, 0.3) is 0 Å². The Bertz CT molecular complexity index is 834. The van der Waals surface area contributed by atoms with Gasteiger partial charge >= 0.3 is 0 Å². The van der Waals surface area contributed by atoms with Crippen LogP contribution in [0.5, 0.6) is 5.75 Å². The summed E-state index contributed by atoms with van der Waals surface area (Å²) in [5.74, 6) is 0.151. The molecular formula is C18H22N4O3S. The molecule has 1 aliphatic rings. The summed E-state index contributed by atoms with van der Waals surface area (Å²) in [6.45, 7) is 6.32. The third-order valence-corrected chi connectivity index (χ3v) is 5.42. The van der Waals surface area contributed by atoms with Gasteiger partial charge in [0.2, 0.25) is 16.9 Å². The lowest BCUT2D eigenvalue weighted by Gasteiger charge is -2.20. The highest BCUT2D eigenvalue weighted by molar-refractivity contribution is 7.15. The van der Waals surface area contributed by atoms with Crippen molar-refractivity contribution in [3.8, 4) is 5.75 Å². The van der Waals surface area contributed by atoms with Gasteiger partial charge in [0.25, 0.3) is 0 Å². The van der Waals surface area contributed by atoms with Crippen LogP contribution in [0.1, 0.15) is 36.8 Å². The van der Waals surface area contributed by atoms with Crippen LogP contribution in [-0.2, 0) is 9.59 Å². The van der Waals surface area contributed by atoms with Crippen LogP contribution in [0.15, 0.2) is 18.2 Å². The molecule has 1 aromatic heterocycles. The van der Waals surface area contributed by atoms with Gasteiger partial charge in [-0.1, -0.05) is 31.3 Å². The molecule has 1 saturated heterocycles. The normalized spacial score (nSPS) is 17.0. The molecule has 1 aromatic carbocycles. The maximum absolute atomic E-state index is 12.6. The van der Waals surface area contributed by atoms with Crippen LogP contribution in [-0.4, -0.2) is 35.7 Å². The van der Waals surface area contributed by atoms with Crippen LogP contribution >= 0.6 is 11.3 Å². The molecule has 3 rings (SSSR count). The van der Waals surface area contributed by atoms with Crippen LogP contribution < -0.4 is 15.0 Å². The molecule has 1 fully saturated rings. The maximum atomic E-state index is 12.6. The first-order valence-electron chi connectivity index (χ1n) is 8.48. The minimum atomic E-state index is -0.431. The molecule has 1 atom stereocenters. The number of carbonyl (C=O) groups is 2. The molecule has 2 heterocycles. The highest BCUT2D eigenvalue weighted by Crippen LogP contribution is 2.34. The molecule has 1 aliphatic heterocycles. The predicted octanol–water partition coefficient (Wildman–Crippen LogP) is 2.97. The molecule has 7 nitrogen and oxygen atoms in total. The summed E-state index contributed by atoms with van der Waals surface area (Å²) in [5.41, 5.74) is 1.72. The fraction of sp³-hybridized carbons (Fsp3) is 0.444. The first kappa shape index (κ1) is 18.3. The Morgan fingerprint density at radius 1 is 1.38 bits per heavy atom. The van der Waals surface area contributed by atoms with E-state index in [1.807, 2.05) is 39.0 Å². The smallest absolute Gasteiger partial charge is 0.231 e. The van der Waals surface area contributed by atoms with E-state index in [1.54, 1.807) is 12.0 Å². The molecule has 2 aromatic rings. The highest BCUT2D eigenvalue weighted by atomic mass is 32.1. The summed E-state index contributed by atoms with van der Waals surface area (Å²) >= 11 is 1.36. The van der Waals surface area contributed by atoms with Crippen molar-refractivity contribution in [2.45, 2.75) is 33.1 Å². The van der Waals surface area contributed by atoms with E-state index in [9.17, 15) is 9.59 Å².